The van der Waals surface area contributed by atoms with E-state index in [2.05, 4.69) is 9.80 Å². The molecule has 2 fully saturated rings. The van der Waals surface area contributed by atoms with Crippen LogP contribution >= 0.6 is 0 Å². The van der Waals surface area contributed by atoms with E-state index < -0.39 is 0 Å². The van der Waals surface area contributed by atoms with Crippen LogP contribution in [0.1, 0.15) is 39.0 Å². The van der Waals surface area contributed by atoms with Crippen molar-refractivity contribution in [2.24, 2.45) is 5.92 Å². The number of hydrogen-bond acceptors (Lipinski definition) is 4. The van der Waals surface area contributed by atoms with Crippen LogP contribution in [0.4, 0.5) is 0 Å². The third-order valence-electron chi connectivity index (χ3n) is 4.27. The number of esters is 1. The van der Waals surface area contributed by atoms with Crippen molar-refractivity contribution in [2.45, 2.75) is 39.0 Å². The minimum atomic E-state index is 0.00624. The van der Waals surface area contributed by atoms with Gasteiger partial charge in [0, 0.05) is 6.54 Å². The van der Waals surface area contributed by atoms with Crippen molar-refractivity contribution in [2.75, 3.05) is 45.9 Å². The summed E-state index contributed by atoms with van der Waals surface area (Å²) in [6.07, 6.45) is 6.10. The van der Waals surface area contributed by atoms with Crippen LogP contribution in [0.3, 0.4) is 0 Å². The minimum Gasteiger partial charge on any atom is -0.466 e. The molecule has 2 aliphatic heterocycles. The van der Waals surface area contributed by atoms with Crippen LogP contribution in [-0.2, 0) is 9.53 Å². The van der Waals surface area contributed by atoms with Crippen LogP contribution in [0.2, 0.25) is 0 Å². The van der Waals surface area contributed by atoms with Gasteiger partial charge in [-0.2, -0.15) is 0 Å². The molecule has 2 heterocycles. The first-order valence-electron chi connectivity index (χ1n) is 7.91. The number of piperidine rings is 1. The molecule has 19 heavy (non-hydrogen) atoms. The average molecular weight is 268 g/mol. The van der Waals surface area contributed by atoms with Crippen LogP contribution in [0, 0.1) is 5.92 Å². The van der Waals surface area contributed by atoms with Crippen molar-refractivity contribution in [1.82, 2.24) is 9.80 Å². The Labute approximate surface area is 117 Å². The van der Waals surface area contributed by atoms with Gasteiger partial charge in [0.25, 0.3) is 0 Å². The number of rotatable bonds is 6. The van der Waals surface area contributed by atoms with Crippen LogP contribution in [-0.4, -0.2) is 61.6 Å². The molecule has 0 bridgehead atoms. The van der Waals surface area contributed by atoms with E-state index >= 15 is 0 Å². The second-order valence-corrected chi connectivity index (χ2v) is 5.79. The Bertz CT molecular complexity index is 277. The molecular weight excluding hydrogens is 240 g/mol. The van der Waals surface area contributed by atoms with E-state index in [-0.39, 0.29) is 11.9 Å². The Morgan fingerprint density at radius 3 is 2.53 bits per heavy atom. The highest BCUT2D eigenvalue weighted by atomic mass is 16.5. The first-order chi connectivity index (χ1) is 9.29. The highest BCUT2D eigenvalue weighted by Crippen LogP contribution is 2.18. The van der Waals surface area contributed by atoms with Gasteiger partial charge in [0.2, 0.25) is 0 Å². The van der Waals surface area contributed by atoms with Gasteiger partial charge >= 0.3 is 5.97 Å². The summed E-state index contributed by atoms with van der Waals surface area (Å²) in [5.74, 6) is 0.118. The summed E-state index contributed by atoms with van der Waals surface area (Å²) in [5, 5.41) is 0. The van der Waals surface area contributed by atoms with Gasteiger partial charge in [-0.3, -0.25) is 4.79 Å². The molecule has 0 aromatic heterocycles. The van der Waals surface area contributed by atoms with Gasteiger partial charge in [-0.25, -0.2) is 0 Å². The molecule has 4 heteroatoms. The maximum absolute atomic E-state index is 11.8. The number of ether oxygens (including phenoxy) is 1. The van der Waals surface area contributed by atoms with Gasteiger partial charge in [-0.15, -0.1) is 0 Å². The fraction of sp³-hybridized carbons (Fsp3) is 0.933. The predicted octanol–water partition coefficient (Wildman–Crippen LogP) is 1.75. The van der Waals surface area contributed by atoms with Crippen LogP contribution < -0.4 is 0 Å². The van der Waals surface area contributed by atoms with Crippen molar-refractivity contribution in [3.8, 4) is 0 Å². The van der Waals surface area contributed by atoms with E-state index in [1.807, 2.05) is 6.92 Å². The molecule has 0 aromatic carbocycles. The number of carbonyl (C=O) groups is 1. The number of likely N-dealkylation sites (tertiary alicyclic amines) is 2. The van der Waals surface area contributed by atoms with Crippen molar-refractivity contribution < 1.29 is 9.53 Å². The normalized spacial score (nSPS) is 25.6. The molecule has 110 valence electrons. The number of carbonyl (C=O) groups excluding carboxylic acids is 1. The Balaban J connectivity index is 1.64. The van der Waals surface area contributed by atoms with Gasteiger partial charge in [0.1, 0.15) is 0 Å². The molecule has 2 saturated heterocycles. The van der Waals surface area contributed by atoms with Crippen molar-refractivity contribution in [3.63, 3.8) is 0 Å². The summed E-state index contributed by atoms with van der Waals surface area (Å²) < 4.78 is 5.14. The molecule has 0 saturated carbocycles. The molecule has 1 atom stereocenters. The molecule has 4 nitrogen and oxygen atoms in total. The lowest BCUT2D eigenvalue weighted by Gasteiger charge is -2.31. The first kappa shape index (κ1) is 14.8. The van der Waals surface area contributed by atoms with Gasteiger partial charge in [-0.05, 0) is 71.8 Å². The maximum Gasteiger partial charge on any atom is 0.310 e. The molecular formula is C15H28N2O2. The summed E-state index contributed by atoms with van der Waals surface area (Å²) in [6, 6.07) is 0. The Kier molecular flexibility index (Phi) is 6.11. The summed E-state index contributed by atoms with van der Waals surface area (Å²) in [6.45, 7) is 9.36. The lowest BCUT2D eigenvalue weighted by Crippen LogP contribution is -2.40. The fourth-order valence-corrected chi connectivity index (χ4v) is 3.24. The topological polar surface area (TPSA) is 32.8 Å². The monoisotopic (exact) mass is 268 g/mol. The average Bonchev–Trinajstić information content (AvgIpc) is 2.93. The highest BCUT2D eigenvalue weighted by Gasteiger charge is 2.26. The zero-order valence-electron chi connectivity index (χ0n) is 12.3. The van der Waals surface area contributed by atoms with E-state index in [1.54, 1.807) is 0 Å². The molecule has 2 rings (SSSR count). The van der Waals surface area contributed by atoms with E-state index in [4.69, 9.17) is 4.74 Å². The summed E-state index contributed by atoms with van der Waals surface area (Å²) in [5.41, 5.74) is 0. The Hall–Kier alpha value is -0.610. The quantitative estimate of drug-likeness (QED) is 0.687. The maximum atomic E-state index is 11.8. The predicted molar refractivity (Wildman–Crippen MR) is 76.1 cm³/mol. The van der Waals surface area contributed by atoms with E-state index in [1.165, 1.54) is 38.9 Å². The van der Waals surface area contributed by atoms with Crippen LogP contribution in [0.25, 0.3) is 0 Å². The van der Waals surface area contributed by atoms with E-state index in [0.29, 0.717) is 6.61 Å². The molecule has 0 radical (unpaired) electrons. The smallest absolute Gasteiger partial charge is 0.310 e. The van der Waals surface area contributed by atoms with Crippen LogP contribution in [0.15, 0.2) is 0 Å². The zero-order valence-corrected chi connectivity index (χ0v) is 12.3. The van der Waals surface area contributed by atoms with Crippen LogP contribution in [0.5, 0.6) is 0 Å². The highest BCUT2D eigenvalue weighted by molar-refractivity contribution is 5.72. The standard InChI is InChI=1S/C15H28N2O2/c1-2-19-15(18)14-7-5-10-17(13-14)12-6-11-16-8-3-4-9-16/h14H,2-13H2,1H3. The summed E-state index contributed by atoms with van der Waals surface area (Å²) in [7, 11) is 0. The van der Waals surface area contributed by atoms with Gasteiger partial charge in [0.05, 0.1) is 12.5 Å². The molecule has 0 N–H and O–H groups in total. The Morgan fingerprint density at radius 1 is 1.11 bits per heavy atom. The fourth-order valence-electron chi connectivity index (χ4n) is 3.24. The lowest BCUT2D eigenvalue weighted by atomic mass is 9.98. The second-order valence-electron chi connectivity index (χ2n) is 5.79. The third kappa shape index (κ3) is 4.77. The molecule has 2 aliphatic rings. The largest absolute Gasteiger partial charge is 0.466 e. The van der Waals surface area contributed by atoms with E-state index in [0.717, 1.165) is 32.5 Å². The SMILES string of the molecule is CCOC(=O)C1CCCN(CCCN2CCCC2)C1. The van der Waals surface area contributed by atoms with Gasteiger partial charge < -0.3 is 14.5 Å². The van der Waals surface area contributed by atoms with E-state index in [9.17, 15) is 4.79 Å². The van der Waals surface area contributed by atoms with Crippen molar-refractivity contribution in [1.29, 1.82) is 0 Å². The number of nitrogens with zero attached hydrogens (tertiary/aromatic N) is 2. The molecule has 0 aromatic rings. The molecule has 0 aliphatic carbocycles. The Morgan fingerprint density at radius 2 is 1.79 bits per heavy atom. The molecule has 0 spiro atoms. The summed E-state index contributed by atoms with van der Waals surface area (Å²) in [4.78, 5) is 16.8. The number of hydrogen-bond donors (Lipinski definition) is 0. The third-order valence-corrected chi connectivity index (χ3v) is 4.27. The summed E-state index contributed by atoms with van der Waals surface area (Å²) >= 11 is 0. The van der Waals surface area contributed by atoms with Gasteiger partial charge in [0.15, 0.2) is 0 Å². The second kappa shape index (κ2) is 7.85. The van der Waals surface area contributed by atoms with Gasteiger partial charge in [-0.1, -0.05) is 0 Å². The first-order valence-corrected chi connectivity index (χ1v) is 7.91. The molecule has 1 unspecified atom stereocenters. The molecule has 0 amide bonds. The van der Waals surface area contributed by atoms with Crippen molar-refractivity contribution >= 4 is 5.97 Å². The van der Waals surface area contributed by atoms with Crippen molar-refractivity contribution in [3.05, 3.63) is 0 Å². The minimum absolute atomic E-state index is 0.00624. The lowest BCUT2D eigenvalue weighted by molar-refractivity contribution is -0.149. The zero-order chi connectivity index (χ0) is 13.5.